The summed E-state index contributed by atoms with van der Waals surface area (Å²) in [5.74, 6) is 1.95. The number of hydrogen-bond acceptors (Lipinski definition) is 6. The smallest absolute Gasteiger partial charge is 0.184 e. The number of hydrogen-bond donors (Lipinski definition) is 0. The molecule has 2 aromatic heterocycles. The van der Waals surface area contributed by atoms with Crippen molar-refractivity contribution >= 4 is 38.6 Å². The molecule has 0 N–H and O–H groups in total. The number of aryl methyl sites for hydroxylation is 2. The molecule has 0 saturated carbocycles. The molecule has 7 nitrogen and oxygen atoms in total. The topological polar surface area (TPSA) is 69.0 Å². The maximum atomic E-state index is 5.14. The highest BCUT2D eigenvalue weighted by atomic mass is 79.9. The lowest BCUT2D eigenvalue weighted by atomic mass is 10.0. The fourth-order valence-corrected chi connectivity index (χ4v) is 3.79. The minimum absolute atomic E-state index is 0.473. The predicted octanol–water partition coefficient (Wildman–Crippen LogP) is 4.61. The van der Waals surface area contributed by atoms with E-state index in [1.807, 2.05) is 11.6 Å². The lowest BCUT2D eigenvalue weighted by molar-refractivity contribution is 0.189. The number of benzene rings is 1. The van der Waals surface area contributed by atoms with Gasteiger partial charge >= 0.3 is 0 Å². The summed E-state index contributed by atoms with van der Waals surface area (Å²) >= 11 is 3.74. The zero-order valence-electron chi connectivity index (χ0n) is 17.1. The summed E-state index contributed by atoms with van der Waals surface area (Å²) in [6.07, 6.45) is 0.854. The zero-order valence-corrected chi connectivity index (χ0v) is 18.7. The molecular formula is C20H27BrN6O. The lowest BCUT2D eigenvalue weighted by Gasteiger charge is -2.24. The van der Waals surface area contributed by atoms with Crippen LogP contribution < -0.4 is 4.90 Å². The molecule has 0 amide bonds. The highest BCUT2D eigenvalue weighted by Gasteiger charge is 2.20. The van der Waals surface area contributed by atoms with Gasteiger partial charge in [0, 0.05) is 31.3 Å². The van der Waals surface area contributed by atoms with Gasteiger partial charge in [-0.15, -0.1) is 5.10 Å². The second-order valence-corrected chi connectivity index (χ2v) is 7.89. The van der Waals surface area contributed by atoms with Gasteiger partial charge in [-0.1, -0.05) is 25.1 Å². The van der Waals surface area contributed by atoms with Crippen molar-refractivity contribution in [2.75, 3.05) is 25.2 Å². The molecule has 0 spiro atoms. The highest BCUT2D eigenvalue weighted by molar-refractivity contribution is 9.10. The minimum Gasteiger partial charge on any atom is -0.385 e. The monoisotopic (exact) mass is 446 g/mol. The van der Waals surface area contributed by atoms with Crippen LogP contribution in [0.3, 0.4) is 0 Å². The first-order valence-corrected chi connectivity index (χ1v) is 10.4. The maximum absolute atomic E-state index is 5.14. The standard InChI is InChI=1S/C20H27BrN6O/c1-6-26(17-9-8-15(13(2)3)12-16(17)21)19-18-20(23-14(4)22-19)27(25-24-18)10-7-11-28-5/h8-9,12-13H,6-7,10-11H2,1-5H3. The predicted molar refractivity (Wildman–Crippen MR) is 115 cm³/mol. The van der Waals surface area contributed by atoms with Crippen LogP contribution in [0, 0.1) is 6.92 Å². The van der Waals surface area contributed by atoms with Crippen molar-refractivity contribution in [1.82, 2.24) is 25.0 Å². The number of aromatic nitrogens is 5. The van der Waals surface area contributed by atoms with Crippen molar-refractivity contribution < 1.29 is 4.74 Å². The normalized spacial score (nSPS) is 11.5. The molecule has 0 bridgehead atoms. The van der Waals surface area contributed by atoms with Gasteiger partial charge in [-0.2, -0.15) is 0 Å². The second-order valence-electron chi connectivity index (χ2n) is 7.04. The Balaban J connectivity index is 2.05. The van der Waals surface area contributed by atoms with Crippen LogP contribution in [0.2, 0.25) is 0 Å². The van der Waals surface area contributed by atoms with Crippen molar-refractivity contribution in [2.45, 2.75) is 46.6 Å². The summed E-state index contributed by atoms with van der Waals surface area (Å²) in [6, 6.07) is 6.48. The molecule has 8 heteroatoms. The van der Waals surface area contributed by atoms with Gasteiger partial charge < -0.3 is 9.64 Å². The van der Waals surface area contributed by atoms with Crippen LogP contribution in [0.15, 0.2) is 22.7 Å². The van der Waals surface area contributed by atoms with Crippen LogP contribution in [-0.4, -0.2) is 45.2 Å². The molecule has 3 aromatic rings. The van der Waals surface area contributed by atoms with E-state index in [9.17, 15) is 0 Å². The summed E-state index contributed by atoms with van der Waals surface area (Å²) in [5, 5.41) is 8.71. The quantitative estimate of drug-likeness (QED) is 0.470. The van der Waals surface area contributed by atoms with E-state index in [1.54, 1.807) is 7.11 Å². The summed E-state index contributed by atoms with van der Waals surface area (Å²) in [4.78, 5) is 11.5. The first-order chi connectivity index (χ1) is 13.5. The van der Waals surface area contributed by atoms with Gasteiger partial charge in [0.1, 0.15) is 5.82 Å². The Morgan fingerprint density at radius 1 is 1.25 bits per heavy atom. The van der Waals surface area contributed by atoms with Gasteiger partial charge in [-0.25, -0.2) is 14.6 Å². The molecule has 0 radical (unpaired) electrons. The van der Waals surface area contributed by atoms with Crippen molar-refractivity contribution in [3.63, 3.8) is 0 Å². The van der Waals surface area contributed by atoms with Crippen LogP contribution in [0.25, 0.3) is 11.2 Å². The van der Waals surface area contributed by atoms with Gasteiger partial charge in [0.05, 0.1) is 5.69 Å². The number of nitrogens with zero attached hydrogens (tertiary/aromatic N) is 6. The molecule has 0 aliphatic heterocycles. The molecule has 0 atom stereocenters. The van der Waals surface area contributed by atoms with E-state index in [4.69, 9.17) is 9.72 Å². The molecule has 0 aliphatic carbocycles. The summed E-state index contributed by atoms with van der Waals surface area (Å²) < 4.78 is 8.01. The minimum atomic E-state index is 0.473. The van der Waals surface area contributed by atoms with E-state index in [0.29, 0.717) is 30.4 Å². The summed E-state index contributed by atoms with van der Waals surface area (Å²) in [7, 11) is 1.70. The Kier molecular flexibility index (Phi) is 6.61. The number of halogens is 1. The van der Waals surface area contributed by atoms with Crippen LogP contribution in [-0.2, 0) is 11.3 Å². The third kappa shape index (κ3) is 4.17. The molecular weight excluding hydrogens is 420 g/mol. The first-order valence-electron chi connectivity index (χ1n) is 9.60. The van der Waals surface area contributed by atoms with Gasteiger partial charge in [-0.05, 0) is 59.8 Å². The lowest BCUT2D eigenvalue weighted by Crippen LogP contribution is -2.19. The average Bonchev–Trinajstić information content (AvgIpc) is 3.06. The van der Waals surface area contributed by atoms with E-state index in [-0.39, 0.29) is 0 Å². The fourth-order valence-electron chi connectivity index (χ4n) is 3.18. The van der Waals surface area contributed by atoms with Gasteiger partial charge in [0.15, 0.2) is 17.0 Å². The SMILES string of the molecule is CCN(c1ccc(C(C)C)cc1Br)c1nc(C)nc2c1nnn2CCCOC. The zero-order chi connectivity index (χ0) is 20.3. The van der Waals surface area contributed by atoms with E-state index < -0.39 is 0 Å². The molecule has 0 fully saturated rings. The van der Waals surface area contributed by atoms with E-state index in [0.717, 1.165) is 34.6 Å². The molecule has 150 valence electrons. The Hall–Kier alpha value is -2.06. The molecule has 0 aliphatic rings. The Morgan fingerprint density at radius 2 is 2.04 bits per heavy atom. The van der Waals surface area contributed by atoms with Gasteiger partial charge in [0.2, 0.25) is 0 Å². The molecule has 0 saturated heterocycles. The van der Waals surface area contributed by atoms with Crippen LogP contribution in [0.4, 0.5) is 11.5 Å². The first kappa shape index (κ1) is 20.7. The van der Waals surface area contributed by atoms with E-state index >= 15 is 0 Å². The van der Waals surface area contributed by atoms with Crippen molar-refractivity contribution in [2.24, 2.45) is 0 Å². The van der Waals surface area contributed by atoms with Crippen molar-refractivity contribution in [1.29, 1.82) is 0 Å². The molecule has 0 unspecified atom stereocenters. The average molecular weight is 447 g/mol. The second kappa shape index (κ2) is 8.96. The number of fused-ring (bicyclic) bond motifs is 1. The Morgan fingerprint density at radius 3 is 2.68 bits per heavy atom. The number of anilines is 2. The van der Waals surface area contributed by atoms with Crippen LogP contribution >= 0.6 is 15.9 Å². The number of methoxy groups -OCH3 is 1. The Bertz CT molecular complexity index is 955. The van der Waals surface area contributed by atoms with Crippen molar-refractivity contribution in [3.8, 4) is 0 Å². The molecule has 28 heavy (non-hydrogen) atoms. The van der Waals surface area contributed by atoms with E-state index in [2.05, 4.69) is 75.1 Å². The molecule has 2 heterocycles. The largest absolute Gasteiger partial charge is 0.385 e. The Labute approximate surface area is 174 Å². The van der Waals surface area contributed by atoms with Crippen LogP contribution in [0.5, 0.6) is 0 Å². The third-order valence-corrected chi connectivity index (χ3v) is 5.31. The maximum Gasteiger partial charge on any atom is 0.184 e. The van der Waals surface area contributed by atoms with E-state index in [1.165, 1.54) is 5.56 Å². The van der Waals surface area contributed by atoms with Gasteiger partial charge in [-0.3, -0.25) is 0 Å². The molecule has 1 aromatic carbocycles. The third-order valence-electron chi connectivity index (χ3n) is 4.68. The summed E-state index contributed by atoms with van der Waals surface area (Å²) in [6.45, 7) is 10.5. The van der Waals surface area contributed by atoms with Crippen LogP contribution in [0.1, 0.15) is 44.5 Å². The number of ether oxygens (including phenoxy) is 1. The fraction of sp³-hybridized carbons (Fsp3) is 0.500. The number of rotatable bonds is 8. The summed E-state index contributed by atoms with van der Waals surface area (Å²) in [5.41, 5.74) is 3.82. The highest BCUT2D eigenvalue weighted by Crippen LogP contribution is 2.35. The molecule has 3 rings (SSSR count). The van der Waals surface area contributed by atoms with Gasteiger partial charge in [0.25, 0.3) is 0 Å². The van der Waals surface area contributed by atoms with Crippen molar-refractivity contribution in [3.05, 3.63) is 34.1 Å².